The van der Waals surface area contributed by atoms with Crippen molar-refractivity contribution in [1.29, 1.82) is 0 Å². The number of aryl methyl sites for hydroxylation is 2. The van der Waals surface area contributed by atoms with Crippen LogP contribution in [-0.2, 0) is 4.74 Å². The van der Waals surface area contributed by atoms with Crippen molar-refractivity contribution in [2.75, 3.05) is 60.5 Å². The minimum Gasteiger partial charge on any atom is -0.381 e. The molecular formula is C24H38N4O3. The van der Waals surface area contributed by atoms with Gasteiger partial charge in [-0.3, -0.25) is 9.69 Å². The second-order valence-corrected chi connectivity index (χ2v) is 9.17. The summed E-state index contributed by atoms with van der Waals surface area (Å²) in [5.41, 5.74) is 3.08. The van der Waals surface area contributed by atoms with Crippen molar-refractivity contribution in [3.05, 3.63) is 34.9 Å². The van der Waals surface area contributed by atoms with Gasteiger partial charge in [0, 0.05) is 78.2 Å². The van der Waals surface area contributed by atoms with E-state index >= 15 is 0 Å². The Labute approximate surface area is 186 Å². The third-order valence-electron chi connectivity index (χ3n) is 6.74. The van der Waals surface area contributed by atoms with Crippen LogP contribution in [0.1, 0.15) is 40.7 Å². The molecule has 1 unspecified atom stereocenters. The summed E-state index contributed by atoms with van der Waals surface area (Å²) in [6.07, 6.45) is 2.99. The highest BCUT2D eigenvalue weighted by molar-refractivity contribution is 5.94. The fourth-order valence-corrected chi connectivity index (χ4v) is 4.61. The van der Waals surface area contributed by atoms with Crippen molar-refractivity contribution in [3.63, 3.8) is 0 Å². The van der Waals surface area contributed by atoms with Gasteiger partial charge in [-0.05, 0) is 56.4 Å². The number of likely N-dealkylation sites (N-methyl/N-ethyl adjacent to an activating group) is 1. The van der Waals surface area contributed by atoms with E-state index in [0.29, 0.717) is 18.6 Å². The molecule has 0 spiro atoms. The zero-order valence-electron chi connectivity index (χ0n) is 19.8. The lowest BCUT2D eigenvalue weighted by atomic mass is 10.0. The van der Waals surface area contributed by atoms with Gasteiger partial charge in [-0.15, -0.1) is 0 Å². The highest BCUT2D eigenvalue weighted by Gasteiger charge is 2.35. The van der Waals surface area contributed by atoms with Crippen LogP contribution in [0.5, 0.6) is 0 Å². The van der Waals surface area contributed by atoms with E-state index in [4.69, 9.17) is 4.74 Å². The molecule has 7 heteroatoms. The van der Waals surface area contributed by atoms with Crippen LogP contribution in [0, 0.1) is 13.8 Å². The first-order valence-corrected chi connectivity index (χ1v) is 11.4. The molecular weight excluding hydrogens is 392 g/mol. The summed E-state index contributed by atoms with van der Waals surface area (Å²) in [6, 6.07) is 6.76. The number of carbonyl (C=O) groups is 2. The van der Waals surface area contributed by atoms with Crippen LogP contribution in [0.3, 0.4) is 0 Å². The van der Waals surface area contributed by atoms with Gasteiger partial charge in [-0.2, -0.15) is 0 Å². The van der Waals surface area contributed by atoms with Crippen molar-refractivity contribution < 1.29 is 14.3 Å². The van der Waals surface area contributed by atoms with Gasteiger partial charge < -0.3 is 19.4 Å². The van der Waals surface area contributed by atoms with Crippen LogP contribution >= 0.6 is 0 Å². The molecule has 1 aromatic carbocycles. The Morgan fingerprint density at radius 3 is 2.35 bits per heavy atom. The van der Waals surface area contributed by atoms with E-state index in [1.54, 1.807) is 19.0 Å². The Morgan fingerprint density at radius 1 is 1.00 bits per heavy atom. The lowest BCUT2D eigenvalue weighted by Gasteiger charge is -2.39. The number of amides is 3. The lowest BCUT2D eigenvalue weighted by molar-refractivity contribution is 0.0151. The predicted octanol–water partition coefficient (Wildman–Crippen LogP) is 2.61. The summed E-state index contributed by atoms with van der Waals surface area (Å²) in [4.78, 5) is 33.3. The van der Waals surface area contributed by atoms with Crippen LogP contribution in [0.2, 0.25) is 0 Å². The number of likely N-dealkylation sites (tertiary alicyclic amines) is 1. The SMILES string of the molecule is Cc1ccc(C(=O)N(C)CCN(C2CCOCC2)C2CCN(C(=O)N(C)C)C2)cc1C. The van der Waals surface area contributed by atoms with Crippen LogP contribution in [-0.4, -0.2) is 104 Å². The van der Waals surface area contributed by atoms with Crippen molar-refractivity contribution in [2.24, 2.45) is 0 Å². The number of benzene rings is 1. The maximum Gasteiger partial charge on any atom is 0.319 e. The van der Waals surface area contributed by atoms with Crippen molar-refractivity contribution in [2.45, 2.75) is 45.2 Å². The normalized spacial score (nSPS) is 19.7. The van der Waals surface area contributed by atoms with E-state index in [1.807, 2.05) is 42.0 Å². The van der Waals surface area contributed by atoms with Gasteiger partial charge in [0.15, 0.2) is 0 Å². The number of urea groups is 1. The molecule has 3 rings (SSSR count). The van der Waals surface area contributed by atoms with E-state index in [1.165, 1.54) is 5.56 Å². The molecule has 2 fully saturated rings. The molecule has 3 amide bonds. The Hall–Kier alpha value is -2.12. The molecule has 2 saturated heterocycles. The molecule has 0 aromatic heterocycles. The molecule has 0 aliphatic carbocycles. The number of nitrogens with zero attached hydrogens (tertiary/aromatic N) is 4. The third-order valence-corrected chi connectivity index (χ3v) is 6.74. The van der Waals surface area contributed by atoms with E-state index in [2.05, 4.69) is 11.8 Å². The summed E-state index contributed by atoms with van der Waals surface area (Å²) >= 11 is 0. The molecule has 0 radical (unpaired) electrons. The molecule has 2 heterocycles. The third kappa shape index (κ3) is 5.77. The van der Waals surface area contributed by atoms with Crippen LogP contribution < -0.4 is 0 Å². The maximum atomic E-state index is 13.0. The Kier molecular flexibility index (Phi) is 7.94. The average Bonchev–Trinajstić information content (AvgIpc) is 3.25. The molecule has 172 valence electrons. The minimum absolute atomic E-state index is 0.0610. The maximum absolute atomic E-state index is 13.0. The second kappa shape index (κ2) is 10.5. The van der Waals surface area contributed by atoms with E-state index in [-0.39, 0.29) is 11.9 Å². The van der Waals surface area contributed by atoms with E-state index in [0.717, 1.165) is 63.2 Å². The Balaban J connectivity index is 1.65. The van der Waals surface area contributed by atoms with Gasteiger partial charge in [-0.25, -0.2) is 4.79 Å². The molecule has 31 heavy (non-hydrogen) atoms. The highest BCUT2D eigenvalue weighted by Crippen LogP contribution is 2.24. The fraction of sp³-hybridized carbons (Fsp3) is 0.667. The van der Waals surface area contributed by atoms with Crippen molar-refractivity contribution >= 4 is 11.9 Å². The molecule has 7 nitrogen and oxygen atoms in total. The summed E-state index contributed by atoms with van der Waals surface area (Å²) < 4.78 is 5.58. The first-order chi connectivity index (χ1) is 14.8. The smallest absolute Gasteiger partial charge is 0.319 e. The summed E-state index contributed by atoms with van der Waals surface area (Å²) in [5, 5.41) is 0. The number of rotatable bonds is 6. The van der Waals surface area contributed by atoms with Crippen LogP contribution in [0.15, 0.2) is 18.2 Å². The topological polar surface area (TPSA) is 56.3 Å². The van der Waals surface area contributed by atoms with Crippen LogP contribution in [0.4, 0.5) is 4.79 Å². The zero-order valence-corrected chi connectivity index (χ0v) is 19.8. The average molecular weight is 431 g/mol. The second-order valence-electron chi connectivity index (χ2n) is 9.17. The highest BCUT2D eigenvalue weighted by atomic mass is 16.5. The van der Waals surface area contributed by atoms with E-state index in [9.17, 15) is 9.59 Å². The molecule has 0 N–H and O–H groups in total. The Morgan fingerprint density at radius 2 is 1.71 bits per heavy atom. The number of hydrogen-bond donors (Lipinski definition) is 0. The molecule has 0 saturated carbocycles. The standard InChI is InChI=1S/C24H38N4O3/c1-18-6-7-20(16-19(18)2)23(29)26(5)12-13-28(21-9-14-31-15-10-21)22-8-11-27(17-22)24(30)25(3)4/h6-7,16,21-22H,8-15,17H2,1-5H3. The zero-order chi connectivity index (χ0) is 22.5. The quantitative estimate of drug-likeness (QED) is 0.696. The lowest BCUT2D eigenvalue weighted by Crippen LogP contribution is -2.50. The number of hydrogen-bond acceptors (Lipinski definition) is 4. The van der Waals surface area contributed by atoms with Crippen molar-refractivity contribution in [1.82, 2.24) is 19.6 Å². The van der Waals surface area contributed by atoms with Gasteiger partial charge in [0.2, 0.25) is 0 Å². The minimum atomic E-state index is 0.0610. The molecule has 2 aliphatic heterocycles. The van der Waals surface area contributed by atoms with Gasteiger partial charge in [0.05, 0.1) is 0 Å². The van der Waals surface area contributed by atoms with Gasteiger partial charge in [0.1, 0.15) is 0 Å². The first kappa shape index (κ1) is 23.5. The van der Waals surface area contributed by atoms with Gasteiger partial charge >= 0.3 is 6.03 Å². The molecule has 1 atom stereocenters. The molecule has 1 aromatic rings. The van der Waals surface area contributed by atoms with Gasteiger partial charge in [0.25, 0.3) is 5.91 Å². The van der Waals surface area contributed by atoms with Crippen molar-refractivity contribution in [3.8, 4) is 0 Å². The fourth-order valence-electron chi connectivity index (χ4n) is 4.61. The first-order valence-electron chi connectivity index (χ1n) is 11.4. The monoisotopic (exact) mass is 430 g/mol. The van der Waals surface area contributed by atoms with Crippen LogP contribution in [0.25, 0.3) is 0 Å². The largest absolute Gasteiger partial charge is 0.381 e. The van der Waals surface area contributed by atoms with E-state index < -0.39 is 0 Å². The molecule has 2 aliphatic rings. The summed E-state index contributed by atoms with van der Waals surface area (Å²) in [7, 11) is 5.49. The van der Waals surface area contributed by atoms with Gasteiger partial charge in [-0.1, -0.05) is 6.07 Å². The predicted molar refractivity (Wildman–Crippen MR) is 122 cm³/mol. The number of carbonyl (C=O) groups excluding carboxylic acids is 2. The Bertz CT molecular complexity index is 776. The summed E-state index contributed by atoms with van der Waals surface area (Å²) in [5.74, 6) is 0.0610. The summed E-state index contributed by atoms with van der Waals surface area (Å²) in [6.45, 7) is 8.69. The molecule has 0 bridgehead atoms. The number of ether oxygens (including phenoxy) is 1.